The molecule has 0 bridgehead atoms. The number of hydrogen-bond donors (Lipinski definition) is 1. The fourth-order valence-electron chi connectivity index (χ4n) is 3.50. The molecule has 7 heteroatoms. The van der Waals surface area contributed by atoms with Crippen LogP contribution in [-0.4, -0.2) is 29.7 Å². The van der Waals surface area contributed by atoms with Crippen molar-refractivity contribution < 1.29 is 29.4 Å². The number of carbonyl (C=O) groups excluding carboxylic acids is 4. The first kappa shape index (κ1) is 21.3. The molecule has 1 aliphatic carbocycles. The second-order valence-electron chi connectivity index (χ2n) is 6.99. The monoisotopic (exact) mass is 385 g/mol. The van der Waals surface area contributed by atoms with E-state index in [4.69, 9.17) is 0 Å². The molecule has 2 rings (SSSR count). The Kier molecular flexibility index (Phi) is 7.92. The van der Waals surface area contributed by atoms with Crippen LogP contribution in [0.15, 0.2) is 42.5 Å². The molecule has 0 spiro atoms. The number of allylic oxidation sites excluding steroid dienone is 1. The average Bonchev–Trinajstić information content (AvgIpc) is 2.98. The van der Waals surface area contributed by atoms with Crippen LogP contribution in [0.1, 0.15) is 37.7 Å². The lowest BCUT2D eigenvalue weighted by Crippen LogP contribution is -2.49. The van der Waals surface area contributed by atoms with Gasteiger partial charge in [0.2, 0.25) is 5.91 Å². The predicted molar refractivity (Wildman–Crippen MR) is 96.3 cm³/mol. The highest BCUT2D eigenvalue weighted by atomic mass is 16.4. The van der Waals surface area contributed by atoms with Gasteiger partial charge in [-0.05, 0) is 30.7 Å². The van der Waals surface area contributed by atoms with Crippen LogP contribution in [-0.2, 0) is 25.6 Å². The van der Waals surface area contributed by atoms with Gasteiger partial charge in [0, 0.05) is 31.1 Å². The Morgan fingerprint density at radius 2 is 1.86 bits per heavy atom. The van der Waals surface area contributed by atoms with Gasteiger partial charge in [-0.15, -0.1) is 0 Å². The molecule has 1 fully saturated rings. The van der Waals surface area contributed by atoms with Crippen LogP contribution < -0.4 is 15.5 Å². The van der Waals surface area contributed by atoms with E-state index < -0.39 is 23.9 Å². The van der Waals surface area contributed by atoms with Gasteiger partial charge in [-0.1, -0.05) is 42.5 Å². The smallest absolute Gasteiger partial charge is 0.220 e. The molecule has 3 atom stereocenters. The minimum Gasteiger partial charge on any atom is -0.550 e. The van der Waals surface area contributed by atoms with Gasteiger partial charge >= 0.3 is 0 Å². The van der Waals surface area contributed by atoms with Gasteiger partial charge in [0.1, 0.15) is 5.78 Å². The second-order valence-corrected chi connectivity index (χ2v) is 6.99. The minimum atomic E-state index is -1.36. The first-order chi connectivity index (χ1) is 13.4. The number of ketones is 1. The normalized spacial score (nSPS) is 20.2. The lowest BCUT2D eigenvalue weighted by molar-refractivity contribution is -0.308. The van der Waals surface area contributed by atoms with Crippen molar-refractivity contribution >= 4 is 23.6 Å². The Bertz CT molecular complexity index is 743. The third-order valence-electron chi connectivity index (χ3n) is 4.94. The van der Waals surface area contributed by atoms with E-state index in [9.17, 15) is 29.4 Å². The SMILES string of the molecule is O=C([O-])C/C=C\C[C@@H]1C(=O)CC[C@@H]1CC(=O)N[C@@H](Cc1ccccc1)C(=O)[O-]. The third kappa shape index (κ3) is 6.64. The van der Waals surface area contributed by atoms with E-state index in [0.717, 1.165) is 5.56 Å². The summed E-state index contributed by atoms with van der Waals surface area (Å²) in [6.07, 6.45) is 4.27. The van der Waals surface area contributed by atoms with Crippen molar-refractivity contribution in [3.8, 4) is 0 Å². The minimum absolute atomic E-state index is 0.0386. The molecule has 1 N–H and O–H groups in total. The number of hydrogen-bond acceptors (Lipinski definition) is 6. The molecule has 1 amide bonds. The van der Waals surface area contributed by atoms with Crippen LogP contribution in [0.25, 0.3) is 0 Å². The Morgan fingerprint density at radius 3 is 2.50 bits per heavy atom. The number of carboxylic acids is 2. The standard InChI is InChI=1S/C21H25NO6/c23-18-11-10-15(16(18)8-4-5-9-20(25)26)13-19(24)22-17(21(27)28)12-14-6-2-1-3-7-14/h1-7,15-17H,8-13H2,(H,22,24)(H,25,26)(H,27,28)/p-2/b5-4-/t15-,16+,17+/m1/s1. The fraction of sp³-hybridized carbons (Fsp3) is 0.429. The lowest BCUT2D eigenvalue weighted by Gasteiger charge is -2.22. The maximum absolute atomic E-state index is 12.4. The highest BCUT2D eigenvalue weighted by molar-refractivity contribution is 5.86. The van der Waals surface area contributed by atoms with Crippen molar-refractivity contribution in [2.45, 2.75) is 44.6 Å². The quantitative estimate of drug-likeness (QED) is 0.543. The molecule has 7 nitrogen and oxygen atoms in total. The molecule has 0 unspecified atom stereocenters. The first-order valence-corrected chi connectivity index (χ1v) is 9.28. The zero-order valence-electron chi connectivity index (χ0n) is 15.5. The highest BCUT2D eigenvalue weighted by Gasteiger charge is 2.35. The van der Waals surface area contributed by atoms with Gasteiger partial charge < -0.3 is 25.1 Å². The molecule has 1 aromatic rings. The summed E-state index contributed by atoms with van der Waals surface area (Å²) in [7, 11) is 0. The van der Waals surface area contributed by atoms with E-state index in [2.05, 4.69) is 5.32 Å². The van der Waals surface area contributed by atoms with Crippen molar-refractivity contribution in [3.05, 3.63) is 48.0 Å². The molecule has 0 radical (unpaired) electrons. The maximum Gasteiger partial charge on any atom is 0.220 e. The van der Waals surface area contributed by atoms with E-state index in [1.165, 1.54) is 6.08 Å². The topological polar surface area (TPSA) is 126 Å². The summed E-state index contributed by atoms with van der Waals surface area (Å²) in [6, 6.07) is 7.78. The van der Waals surface area contributed by atoms with E-state index >= 15 is 0 Å². The Balaban J connectivity index is 1.91. The molecular weight excluding hydrogens is 362 g/mol. The molecule has 1 aromatic carbocycles. The average molecular weight is 385 g/mol. The number of aliphatic carboxylic acids is 2. The Morgan fingerprint density at radius 1 is 1.14 bits per heavy atom. The molecule has 0 aliphatic heterocycles. The molecule has 150 valence electrons. The third-order valence-corrected chi connectivity index (χ3v) is 4.94. The van der Waals surface area contributed by atoms with Crippen molar-refractivity contribution in [2.24, 2.45) is 11.8 Å². The van der Waals surface area contributed by atoms with Crippen LogP contribution in [0.5, 0.6) is 0 Å². The van der Waals surface area contributed by atoms with Crippen molar-refractivity contribution in [1.29, 1.82) is 0 Å². The highest BCUT2D eigenvalue weighted by Crippen LogP contribution is 2.34. The fourth-order valence-corrected chi connectivity index (χ4v) is 3.50. The summed E-state index contributed by atoms with van der Waals surface area (Å²) >= 11 is 0. The summed E-state index contributed by atoms with van der Waals surface area (Å²) in [6.45, 7) is 0. The largest absolute Gasteiger partial charge is 0.550 e. The zero-order chi connectivity index (χ0) is 20.5. The van der Waals surface area contributed by atoms with Crippen LogP contribution >= 0.6 is 0 Å². The number of nitrogens with one attached hydrogen (secondary N) is 1. The number of Topliss-reactive ketones (excluding diaryl/α,β-unsaturated/α-hetero) is 1. The Hall–Kier alpha value is -2.96. The summed E-state index contributed by atoms with van der Waals surface area (Å²) in [5, 5.41) is 24.3. The van der Waals surface area contributed by atoms with Crippen molar-refractivity contribution in [3.63, 3.8) is 0 Å². The summed E-state index contributed by atoms with van der Waals surface area (Å²) in [5.41, 5.74) is 0.768. The van der Waals surface area contributed by atoms with Gasteiger partial charge in [0.15, 0.2) is 0 Å². The van der Waals surface area contributed by atoms with E-state index in [1.807, 2.05) is 6.07 Å². The predicted octanol–water partition coefficient (Wildman–Crippen LogP) is -0.464. The molecule has 0 aromatic heterocycles. The van der Waals surface area contributed by atoms with Gasteiger partial charge in [-0.2, -0.15) is 0 Å². The number of carboxylic acid groups (broad SMARTS) is 2. The first-order valence-electron chi connectivity index (χ1n) is 9.28. The van der Waals surface area contributed by atoms with E-state index in [0.29, 0.717) is 19.3 Å². The van der Waals surface area contributed by atoms with Gasteiger partial charge in [0.25, 0.3) is 0 Å². The van der Waals surface area contributed by atoms with Gasteiger partial charge in [-0.3, -0.25) is 9.59 Å². The van der Waals surface area contributed by atoms with Crippen molar-refractivity contribution in [2.75, 3.05) is 0 Å². The van der Waals surface area contributed by atoms with Gasteiger partial charge in [-0.25, -0.2) is 0 Å². The van der Waals surface area contributed by atoms with E-state index in [-0.39, 0.29) is 36.9 Å². The number of rotatable bonds is 10. The molecule has 0 heterocycles. The van der Waals surface area contributed by atoms with Crippen LogP contribution in [0.2, 0.25) is 0 Å². The van der Waals surface area contributed by atoms with Gasteiger partial charge in [0.05, 0.1) is 12.0 Å². The molecular formula is C21H23NO6-2. The van der Waals surface area contributed by atoms with E-state index in [1.54, 1.807) is 30.3 Å². The second kappa shape index (κ2) is 10.4. The summed E-state index contributed by atoms with van der Waals surface area (Å²) < 4.78 is 0. The summed E-state index contributed by atoms with van der Waals surface area (Å²) in [5.74, 6) is -3.51. The molecule has 1 aliphatic rings. The number of carbonyl (C=O) groups is 4. The molecule has 28 heavy (non-hydrogen) atoms. The summed E-state index contributed by atoms with van der Waals surface area (Å²) in [4.78, 5) is 46.2. The van der Waals surface area contributed by atoms with Crippen molar-refractivity contribution in [1.82, 2.24) is 5.32 Å². The van der Waals surface area contributed by atoms with Crippen LogP contribution in [0.3, 0.4) is 0 Å². The maximum atomic E-state index is 12.4. The molecule has 1 saturated carbocycles. The number of amides is 1. The van der Waals surface area contributed by atoms with Crippen LogP contribution in [0.4, 0.5) is 0 Å². The van der Waals surface area contributed by atoms with Crippen LogP contribution in [0, 0.1) is 11.8 Å². The lowest BCUT2D eigenvalue weighted by atomic mass is 9.89. The molecule has 0 saturated heterocycles. The Labute approximate surface area is 163 Å². The zero-order valence-corrected chi connectivity index (χ0v) is 15.5. The number of benzene rings is 1.